The van der Waals surface area contributed by atoms with Crippen LogP contribution in [0.25, 0.3) is 11.5 Å². The average molecular weight is 527 g/mol. The number of methoxy groups -OCH3 is 1. The lowest BCUT2D eigenvalue weighted by Gasteiger charge is -2.32. The quantitative estimate of drug-likeness (QED) is 0.312. The van der Waals surface area contributed by atoms with Gasteiger partial charge in [0.2, 0.25) is 5.89 Å². The predicted octanol–water partition coefficient (Wildman–Crippen LogP) is 3.29. The van der Waals surface area contributed by atoms with E-state index < -0.39 is 0 Å². The van der Waals surface area contributed by atoms with Crippen molar-refractivity contribution in [3.63, 3.8) is 0 Å². The molecule has 0 atom stereocenters. The number of halogens is 1. The second-order valence-electron chi connectivity index (χ2n) is 7.59. The average Bonchev–Trinajstić information content (AvgIpc) is 3.22. The monoisotopic (exact) mass is 527 g/mol. The van der Waals surface area contributed by atoms with Crippen molar-refractivity contribution in [2.45, 2.75) is 26.3 Å². The third kappa shape index (κ3) is 7.55. The number of rotatable bonds is 8. The topological polar surface area (TPSA) is 74.9 Å². The Bertz CT molecular complexity index is 770. The summed E-state index contributed by atoms with van der Waals surface area (Å²) in [5.74, 6) is 2.12. The second kappa shape index (κ2) is 12.9. The molecule has 166 valence electrons. The van der Waals surface area contributed by atoms with Crippen molar-refractivity contribution in [1.82, 2.24) is 20.5 Å². The highest BCUT2D eigenvalue weighted by molar-refractivity contribution is 14.0. The molecule has 3 rings (SSSR count). The number of likely N-dealkylation sites (tertiary alicyclic amines) is 1. The van der Waals surface area contributed by atoms with E-state index >= 15 is 0 Å². The molecule has 1 fully saturated rings. The van der Waals surface area contributed by atoms with Crippen molar-refractivity contribution < 1.29 is 9.15 Å². The van der Waals surface area contributed by atoms with Crippen LogP contribution >= 0.6 is 24.0 Å². The summed E-state index contributed by atoms with van der Waals surface area (Å²) in [6.07, 6.45) is 4.11. The number of aliphatic imine (C=N–C) groups is 1. The number of oxazole rings is 1. The number of hydrogen-bond acceptors (Lipinski definition) is 5. The van der Waals surface area contributed by atoms with Crippen LogP contribution in [0.15, 0.2) is 39.9 Å². The summed E-state index contributed by atoms with van der Waals surface area (Å²) in [5.41, 5.74) is 3.06. The van der Waals surface area contributed by atoms with Crippen molar-refractivity contribution >= 4 is 29.9 Å². The number of benzene rings is 1. The van der Waals surface area contributed by atoms with Crippen LogP contribution in [0.1, 0.15) is 24.1 Å². The van der Waals surface area contributed by atoms with Crippen LogP contribution in [0.4, 0.5) is 0 Å². The van der Waals surface area contributed by atoms with Gasteiger partial charge >= 0.3 is 0 Å². The summed E-state index contributed by atoms with van der Waals surface area (Å²) in [7, 11) is 3.56. The Balaban J connectivity index is 0.00000320. The second-order valence-corrected chi connectivity index (χ2v) is 7.59. The van der Waals surface area contributed by atoms with Gasteiger partial charge in [-0.25, -0.2) is 4.98 Å². The fourth-order valence-electron chi connectivity index (χ4n) is 3.49. The molecule has 0 aliphatic carbocycles. The highest BCUT2D eigenvalue weighted by Gasteiger charge is 2.19. The van der Waals surface area contributed by atoms with Crippen molar-refractivity contribution in [1.29, 1.82) is 0 Å². The van der Waals surface area contributed by atoms with E-state index in [0.717, 1.165) is 50.0 Å². The minimum absolute atomic E-state index is 0. The molecule has 30 heavy (non-hydrogen) atoms. The van der Waals surface area contributed by atoms with Crippen molar-refractivity contribution in [2.24, 2.45) is 10.9 Å². The zero-order chi connectivity index (χ0) is 20.5. The minimum atomic E-state index is 0. The summed E-state index contributed by atoms with van der Waals surface area (Å²) >= 11 is 0. The Morgan fingerprint density at radius 2 is 1.97 bits per heavy atom. The molecule has 2 N–H and O–H groups in total. The van der Waals surface area contributed by atoms with Gasteiger partial charge in [0, 0.05) is 32.8 Å². The Labute approximate surface area is 196 Å². The van der Waals surface area contributed by atoms with E-state index in [1.165, 1.54) is 18.4 Å². The molecule has 1 aromatic heterocycles. The zero-order valence-corrected chi connectivity index (χ0v) is 20.5. The van der Waals surface area contributed by atoms with E-state index in [2.05, 4.69) is 44.6 Å². The number of hydrogen-bond donors (Lipinski definition) is 2. The Morgan fingerprint density at radius 3 is 2.63 bits per heavy atom. The Morgan fingerprint density at radius 1 is 1.23 bits per heavy atom. The number of nitrogens with zero attached hydrogens (tertiary/aromatic N) is 3. The van der Waals surface area contributed by atoms with Gasteiger partial charge in [0.25, 0.3) is 0 Å². The maximum atomic E-state index is 5.62. The fraction of sp³-hybridized carbons (Fsp3) is 0.545. The van der Waals surface area contributed by atoms with Crippen LogP contribution in [-0.2, 0) is 11.3 Å². The molecule has 0 bridgehead atoms. The molecule has 0 unspecified atom stereocenters. The van der Waals surface area contributed by atoms with Crippen LogP contribution in [-0.4, -0.2) is 62.8 Å². The molecule has 0 saturated carbocycles. The molecule has 0 spiro atoms. The van der Waals surface area contributed by atoms with Crippen LogP contribution in [0.3, 0.4) is 0 Å². The lowest BCUT2D eigenvalue weighted by Crippen LogP contribution is -2.43. The molecule has 0 radical (unpaired) electrons. The van der Waals surface area contributed by atoms with Gasteiger partial charge in [-0.1, -0.05) is 17.7 Å². The molecule has 1 aliphatic heterocycles. The van der Waals surface area contributed by atoms with E-state index in [0.29, 0.717) is 18.4 Å². The molecular formula is C22H34IN5O2. The first-order valence-electron chi connectivity index (χ1n) is 10.3. The molecule has 1 saturated heterocycles. The Hall–Kier alpha value is -1.65. The van der Waals surface area contributed by atoms with E-state index in [1.54, 1.807) is 20.4 Å². The molecule has 8 heteroatoms. The smallest absolute Gasteiger partial charge is 0.226 e. The third-order valence-corrected chi connectivity index (χ3v) is 5.39. The normalized spacial score (nSPS) is 15.6. The molecule has 2 aromatic rings. The SMILES string of the molecule is CN=C(NCc1coc(-c2ccc(C)cc2)n1)NCC1CCN(CCOC)CC1.I. The summed E-state index contributed by atoms with van der Waals surface area (Å²) in [5, 5.41) is 6.77. The van der Waals surface area contributed by atoms with Crippen molar-refractivity contribution in [2.75, 3.05) is 46.9 Å². The molecule has 1 aliphatic rings. The summed E-state index contributed by atoms with van der Waals surface area (Å²) < 4.78 is 10.8. The number of piperidine rings is 1. The molecular weight excluding hydrogens is 493 g/mol. The first-order valence-corrected chi connectivity index (χ1v) is 10.3. The molecule has 0 amide bonds. The summed E-state index contributed by atoms with van der Waals surface area (Å²) in [6.45, 7) is 7.70. The first kappa shape index (κ1) is 24.6. The van der Waals surface area contributed by atoms with Gasteiger partial charge in [-0.15, -0.1) is 24.0 Å². The third-order valence-electron chi connectivity index (χ3n) is 5.39. The van der Waals surface area contributed by atoms with Gasteiger partial charge in [0.05, 0.1) is 18.8 Å². The molecule has 1 aromatic carbocycles. The van der Waals surface area contributed by atoms with Crippen LogP contribution in [0.5, 0.6) is 0 Å². The van der Waals surface area contributed by atoms with Gasteiger partial charge in [0.1, 0.15) is 6.26 Å². The largest absolute Gasteiger partial charge is 0.444 e. The Kier molecular flexibility index (Phi) is 10.6. The van der Waals surface area contributed by atoms with Gasteiger partial charge in [-0.3, -0.25) is 4.99 Å². The van der Waals surface area contributed by atoms with Gasteiger partial charge in [-0.2, -0.15) is 0 Å². The lowest BCUT2D eigenvalue weighted by atomic mass is 9.97. The van der Waals surface area contributed by atoms with E-state index in [4.69, 9.17) is 9.15 Å². The maximum absolute atomic E-state index is 5.62. The van der Waals surface area contributed by atoms with Gasteiger partial charge < -0.3 is 24.7 Å². The standard InChI is InChI=1S/C22H33N5O2.HI/c1-17-4-6-19(7-5-17)21-26-20(16-29-21)15-25-22(23-2)24-14-18-8-10-27(11-9-18)12-13-28-3;/h4-7,16,18H,8-15H2,1-3H3,(H2,23,24,25);1H. The van der Waals surface area contributed by atoms with E-state index in [9.17, 15) is 0 Å². The van der Waals surface area contributed by atoms with E-state index in [-0.39, 0.29) is 24.0 Å². The maximum Gasteiger partial charge on any atom is 0.226 e. The highest BCUT2D eigenvalue weighted by atomic mass is 127. The first-order chi connectivity index (χ1) is 14.2. The number of aromatic nitrogens is 1. The number of aryl methyl sites for hydroxylation is 1. The number of ether oxygens (including phenoxy) is 1. The van der Waals surface area contributed by atoms with Crippen molar-refractivity contribution in [3.05, 3.63) is 41.8 Å². The van der Waals surface area contributed by atoms with Crippen LogP contribution in [0.2, 0.25) is 0 Å². The van der Waals surface area contributed by atoms with Gasteiger partial charge in [0.15, 0.2) is 5.96 Å². The summed E-state index contributed by atoms with van der Waals surface area (Å²) in [4.78, 5) is 11.4. The van der Waals surface area contributed by atoms with Crippen LogP contribution < -0.4 is 10.6 Å². The highest BCUT2D eigenvalue weighted by Crippen LogP contribution is 2.19. The lowest BCUT2D eigenvalue weighted by molar-refractivity contribution is 0.121. The summed E-state index contributed by atoms with van der Waals surface area (Å²) in [6, 6.07) is 8.18. The molecule has 2 heterocycles. The van der Waals surface area contributed by atoms with Crippen LogP contribution in [0, 0.1) is 12.8 Å². The number of nitrogens with one attached hydrogen (secondary N) is 2. The number of guanidine groups is 1. The zero-order valence-electron chi connectivity index (χ0n) is 18.2. The minimum Gasteiger partial charge on any atom is -0.444 e. The molecule has 7 nitrogen and oxygen atoms in total. The van der Waals surface area contributed by atoms with E-state index in [1.807, 2.05) is 12.1 Å². The fourth-order valence-corrected chi connectivity index (χ4v) is 3.49. The van der Waals surface area contributed by atoms with Crippen molar-refractivity contribution in [3.8, 4) is 11.5 Å². The predicted molar refractivity (Wildman–Crippen MR) is 131 cm³/mol. The van der Waals surface area contributed by atoms with Gasteiger partial charge in [-0.05, 0) is 50.9 Å².